The summed E-state index contributed by atoms with van der Waals surface area (Å²) < 4.78 is 4.78. The van der Waals surface area contributed by atoms with Gasteiger partial charge in [-0.15, -0.1) is 6.58 Å². The van der Waals surface area contributed by atoms with E-state index in [0.717, 1.165) is 19.3 Å². The number of amides is 1. The van der Waals surface area contributed by atoms with Crippen LogP contribution in [0.3, 0.4) is 0 Å². The van der Waals surface area contributed by atoms with Gasteiger partial charge in [0.2, 0.25) is 5.91 Å². The van der Waals surface area contributed by atoms with Gasteiger partial charge in [0, 0.05) is 6.54 Å². The molecule has 0 aliphatic carbocycles. The van der Waals surface area contributed by atoms with Gasteiger partial charge in [0.15, 0.2) is 0 Å². The summed E-state index contributed by atoms with van der Waals surface area (Å²) in [6, 6.07) is 0. The van der Waals surface area contributed by atoms with Crippen LogP contribution in [0, 0.1) is 5.41 Å². The first-order valence-electron chi connectivity index (χ1n) is 7.16. The van der Waals surface area contributed by atoms with Gasteiger partial charge in [-0.25, -0.2) is 0 Å². The number of hydrogen-bond acceptors (Lipinski definition) is 4. The summed E-state index contributed by atoms with van der Waals surface area (Å²) in [6.45, 7) is 7.50. The summed E-state index contributed by atoms with van der Waals surface area (Å²) >= 11 is 0. The van der Waals surface area contributed by atoms with Crippen LogP contribution in [0.15, 0.2) is 12.7 Å². The SMILES string of the molecule is C=CCCCCC(C)(CO)C(=O)NCCC(=O)OCC. The monoisotopic (exact) mass is 285 g/mol. The average Bonchev–Trinajstić information content (AvgIpc) is 2.43. The lowest BCUT2D eigenvalue weighted by atomic mass is 9.84. The zero-order chi connectivity index (χ0) is 15.4. The van der Waals surface area contributed by atoms with E-state index in [2.05, 4.69) is 11.9 Å². The minimum atomic E-state index is -0.796. The predicted octanol–water partition coefficient (Wildman–Crippen LogP) is 1.80. The van der Waals surface area contributed by atoms with E-state index in [9.17, 15) is 14.7 Å². The fourth-order valence-electron chi connectivity index (χ4n) is 1.79. The molecular weight excluding hydrogens is 258 g/mol. The molecule has 116 valence electrons. The van der Waals surface area contributed by atoms with Gasteiger partial charge in [-0.2, -0.15) is 0 Å². The maximum absolute atomic E-state index is 12.1. The first-order valence-corrected chi connectivity index (χ1v) is 7.16. The standard InChI is InChI=1S/C15H27NO4/c1-4-6-7-8-10-15(3,12-17)14(19)16-11-9-13(18)20-5-2/h4,17H,1,5-12H2,2-3H3,(H,16,19). The quantitative estimate of drug-likeness (QED) is 0.345. The lowest BCUT2D eigenvalue weighted by Gasteiger charge is -2.26. The Kier molecular flexibility index (Phi) is 9.72. The van der Waals surface area contributed by atoms with Crippen molar-refractivity contribution in [2.75, 3.05) is 19.8 Å². The fraction of sp³-hybridized carbons (Fsp3) is 0.733. The number of carbonyl (C=O) groups excluding carboxylic acids is 2. The molecule has 0 fully saturated rings. The summed E-state index contributed by atoms with van der Waals surface area (Å²) in [4.78, 5) is 23.2. The number of esters is 1. The van der Waals surface area contributed by atoms with E-state index in [0.29, 0.717) is 13.0 Å². The van der Waals surface area contributed by atoms with E-state index in [1.54, 1.807) is 13.8 Å². The van der Waals surface area contributed by atoms with Crippen LogP contribution in [0.25, 0.3) is 0 Å². The molecule has 0 spiro atoms. The van der Waals surface area contributed by atoms with Crippen molar-refractivity contribution < 1.29 is 19.4 Å². The van der Waals surface area contributed by atoms with Crippen LogP contribution in [0.4, 0.5) is 0 Å². The highest BCUT2D eigenvalue weighted by atomic mass is 16.5. The van der Waals surface area contributed by atoms with Crippen molar-refractivity contribution in [3.05, 3.63) is 12.7 Å². The summed E-state index contributed by atoms with van der Waals surface area (Å²) in [6.07, 6.45) is 5.32. The Morgan fingerprint density at radius 2 is 2.10 bits per heavy atom. The molecule has 2 N–H and O–H groups in total. The highest BCUT2D eigenvalue weighted by Crippen LogP contribution is 2.24. The molecule has 0 aromatic carbocycles. The number of unbranched alkanes of at least 4 members (excludes halogenated alkanes) is 2. The molecule has 0 aliphatic rings. The Balaban J connectivity index is 4.10. The largest absolute Gasteiger partial charge is 0.466 e. The molecule has 0 aliphatic heterocycles. The fourth-order valence-corrected chi connectivity index (χ4v) is 1.79. The minimum absolute atomic E-state index is 0.150. The van der Waals surface area contributed by atoms with E-state index < -0.39 is 5.41 Å². The minimum Gasteiger partial charge on any atom is -0.466 e. The molecule has 0 aromatic heterocycles. The normalized spacial score (nSPS) is 13.3. The number of rotatable bonds is 11. The lowest BCUT2D eigenvalue weighted by Crippen LogP contribution is -2.42. The second-order valence-corrected chi connectivity index (χ2v) is 5.06. The Hall–Kier alpha value is -1.36. The molecule has 1 atom stereocenters. The molecule has 5 nitrogen and oxygen atoms in total. The summed E-state index contributed by atoms with van der Waals surface area (Å²) in [7, 11) is 0. The molecular formula is C15H27NO4. The van der Waals surface area contributed by atoms with E-state index in [4.69, 9.17) is 4.74 Å². The van der Waals surface area contributed by atoms with Gasteiger partial charge < -0.3 is 15.2 Å². The third-order valence-electron chi connectivity index (χ3n) is 3.20. The van der Waals surface area contributed by atoms with Crippen molar-refractivity contribution >= 4 is 11.9 Å². The first-order chi connectivity index (χ1) is 9.50. The molecule has 0 saturated heterocycles. The van der Waals surface area contributed by atoms with Crippen LogP contribution in [-0.4, -0.2) is 36.7 Å². The first kappa shape index (κ1) is 18.6. The summed E-state index contributed by atoms with van der Waals surface area (Å²) in [5.41, 5.74) is -0.796. The Morgan fingerprint density at radius 3 is 2.65 bits per heavy atom. The number of ether oxygens (including phenoxy) is 1. The number of aliphatic hydroxyl groups excluding tert-OH is 1. The Morgan fingerprint density at radius 1 is 1.40 bits per heavy atom. The maximum atomic E-state index is 12.1. The molecule has 0 rings (SSSR count). The van der Waals surface area contributed by atoms with Crippen molar-refractivity contribution in [3.63, 3.8) is 0 Å². The second kappa shape index (κ2) is 10.4. The summed E-state index contributed by atoms with van der Waals surface area (Å²) in [5.74, 6) is -0.549. The zero-order valence-corrected chi connectivity index (χ0v) is 12.6. The molecule has 0 radical (unpaired) electrons. The number of aliphatic hydroxyl groups is 1. The van der Waals surface area contributed by atoms with Crippen LogP contribution in [0.1, 0.15) is 46.0 Å². The molecule has 0 heterocycles. The predicted molar refractivity (Wildman–Crippen MR) is 78.1 cm³/mol. The summed E-state index contributed by atoms with van der Waals surface area (Å²) in [5, 5.41) is 12.1. The van der Waals surface area contributed by atoms with Crippen LogP contribution in [0.5, 0.6) is 0 Å². The van der Waals surface area contributed by atoms with Crippen molar-refractivity contribution in [2.24, 2.45) is 5.41 Å². The molecule has 0 bridgehead atoms. The van der Waals surface area contributed by atoms with E-state index in [-0.39, 0.29) is 31.4 Å². The third-order valence-corrected chi connectivity index (χ3v) is 3.20. The molecule has 1 unspecified atom stereocenters. The average molecular weight is 285 g/mol. The van der Waals surface area contributed by atoms with Crippen molar-refractivity contribution in [3.8, 4) is 0 Å². The molecule has 5 heteroatoms. The van der Waals surface area contributed by atoms with Crippen LogP contribution < -0.4 is 5.32 Å². The van der Waals surface area contributed by atoms with Gasteiger partial charge >= 0.3 is 5.97 Å². The zero-order valence-electron chi connectivity index (χ0n) is 12.6. The number of hydrogen-bond donors (Lipinski definition) is 2. The smallest absolute Gasteiger partial charge is 0.307 e. The highest BCUT2D eigenvalue weighted by Gasteiger charge is 2.31. The van der Waals surface area contributed by atoms with Gasteiger partial charge in [-0.05, 0) is 33.1 Å². The lowest BCUT2D eigenvalue weighted by molar-refractivity contribution is -0.143. The van der Waals surface area contributed by atoms with E-state index >= 15 is 0 Å². The number of nitrogens with one attached hydrogen (secondary N) is 1. The van der Waals surface area contributed by atoms with Gasteiger partial charge in [0.25, 0.3) is 0 Å². The van der Waals surface area contributed by atoms with Crippen molar-refractivity contribution in [2.45, 2.75) is 46.0 Å². The Labute approximate surface area is 121 Å². The van der Waals surface area contributed by atoms with Gasteiger partial charge in [0.1, 0.15) is 0 Å². The van der Waals surface area contributed by atoms with Gasteiger partial charge in [0.05, 0.1) is 25.0 Å². The van der Waals surface area contributed by atoms with Crippen molar-refractivity contribution in [1.29, 1.82) is 0 Å². The van der Waals surface area contributed by atoms with E-state index in [1.807, 2.05) is 6.08 Å². The van der Waals surface area contributed by atoms with Crippen LogP contribution in [-0.2, 0) is 14.3 Å². The molecule has 1 amide bonds. The van der Waals surface area contributed by atoms with E-state index in [1.165, 1.54) is 0 Å². The Bertz CT molecular complexity index is 317. The number of allylic oxidation sites excluding steroid dienone is 1. The molecule has 0 aromatic rings. The van der Waals surface area contributed by atoms with Crippen molar-refractivity contribution in [1.82, 2.24) is 5.32 Å². The maximum Gasteiger partial charge on any atom is 0.307 e. The van der Waals surface area contributed by atoms with Gasteiger partial charge in [-0.1, -0.05) is 12.5 Å². The topological polar surface area (TPSA) is 75.6 Å². The van der Waals surface area contributed by atoms with Gasteiger partial charge in [-0.3, -0.25) is 9.59 Å². The highest BCUT2D eigenvalue weighted by molar-refractivity contribution is 5.82. The second-order valence-electron chi connectivity index (χ2n) is 5.06. The van der Waals surface area contributed by atoms with Crippen LogP contribution >= 0.6 is 0 Å². The number of carbonyl (C=O) groups is 2. The van der Waals surface area contributed by atoms with Crippen LogP contribution in [0.2, 0.25) is 0 Å². The molecule has 20 heavy (non-hydrogen) atoms. The third kappa shape index (κ3) is 7.28. The molecule has 0 saturated carbocycles.